The van der Waals surface area contributed by atoms with Crippen LogP contribution < -0.4 is 10.1 Å². The molecule has 2 heteroatoms. The molecule has 2 saturated carbocycles. The predicted molar refractivity (Wildman–Crippen MR) is 87.6 cm³/mol. The van der Waals surface area contributed by atoms with Crippen molar-refractivity contribution in [3.63, 3.8) is 0 Å². The molecule has 0 saturated heterocycles. The Morgan fingerprint density at radius 2 is 2.00 bits per heavy atom. The van der Waals surface area contributed by atoms with Gasteiger partial charge in [0, 0.05) is 17.6 Å². The molecule has 0 spiro atoms. The standard InChI is InChI=1S/C19H29NO/c1-4-21-19-8-6-5-7-17(19)13(2)20-14(3)18-12-15-9-10-16(18)11-15/h5-8,13-16,18,20H,4,9-12H2,1-3H3. The lowest BCUT2D eigenvalue weighted by Crippen LogP contribution is -2.37. The monoisotopic (exact) mass is 287 g/mol. The number of benzene rings is 1. The van der Waals surface area contributed by atoms with Crippen LogP contribution in [0.25, 0.3) is 0 Å². The topological polar surface area (TPSA) is 21.3 Å². The van der Waals surface area contributed by atoms with Crippen molar-refractivity contribution in [2.45, 2.75) is 58.5 Å². The van der Waals surface area contributed by atoms with Crippen LogP contribution in [0.2, 0.25) is 0 Å². The molecule has 5 atom stereocenters. The molecule has 0 heterocycles. The van der Waals surface area contributed by atoms with Gasteiger partial charge in [0.25, 0.3) is 0 Å². The highest BCUT2D eigenvalue weighted by Crippen LogP contribution is 2.49. The lowest BCUT2D eigenvalue weighted by molar-refractivity contribution is 0.246. The summed E-state index contributed by atoms with van der Waals surface area (Å²) in [5.41, 5.74) is 1.29. The second-order valence-electron chi connectivity index (χ2n) is 6.99. The van der Waals surface area contributed by atoms with Crippen LogP contribution in [0.3, 0.4) is 0 Å². The second kappa shape index (κ2) is 6.39. The molecule has 2 aliphatic carbocycles. The van der Waals surface area contributed by atoms with Gasteiger partial charge in [0.2, 0.25) is 0 Å². The molecule has 2 nitrogen and oxygen atoms in total. The Labute approximate surface area is 129 Å². The number of hydrogen-bond acceptors (Lipinski definition) is 2. The average Bonchev–Trinajstić information content (AvgIpc) is 3.10. The number of para-hydroxylation sites is 1. The highest BCUT2D eigenvalue weighted by Gasteiger charge is 2.41. The van der Waals surface area contributed by atoms with Crippen LogP contribution in [-0.4, -0.2) is 12.6 Å². The summed E-state index contributed by atoms with van der Waals surface area (Å²) < 4.78 is 5.77. The molecular formula is C19H29NO. The van der Waals surface area contributed by atoms with E-state index in [1.54, 1.807) is 0 Å². The minimum atomic E-state index is 0.349. The quantitative estimate of drug-likeness (QED) is 0.828. The van der Waals surface area contributed by atoms with Gasteiger partial charge in [-0.05, 0) is 63.9 Å². The van der Waals surface area contributed by atoms with Crippen LogP contribution in [0.4, 0.5) is 0 Å². The molecule has 2 aliphatic rings. The van der Waals surface area contributed by atoms with Gasteiger partial charge in [0.15, 0.2) is 0 Å². The van der Waals surface area contributed by atoms with Crippen molar-refractivity contribution in [1.82, 2.24) is 5.32 Å². The molecule has 2 fully saturated rings. The van der Waals surface area contributed by atoms with E-state index in [9.17, 15) is 0 Å². The number of rotatable bonds is 6. The lowest BCUT2D eigenvalue weighted by atomic mass is 9.83. The summed E-state index contributed by atoms with van der Waals surface area (Å²) in [7, 11) is 0. The van der Waals surface area contributed by atoms with Crippen LogP contribution in [-0.2, 0) is 0 Å². The van der Waals surface area contributed by atoms with Crippen molar-refractivity contribution in [3.05, 3.63) is 29.8 Å². The van der Waals surface area contributed by atoms with E-state index in [1.165, 1.54) is 31.2 Å². The van der Waals surface area contributed by atoms with Gasteiger partial charge in [-0.15, -0.1) is 0 Å². The Kier molecular flexibility index (Phi) is 4.54. The van der Waals surface area contributed by atoms with Gasteiger partial charge in [-0.2, -0.15) is 0 Å². The first-order valence-electron chi connectivity index (χ1n) is 8.66. The van der Waals surface area contributed by atoms with Gasteiger partial charge in [-0.1, -0.05) is 24.6 Å². The van der Waals surface area contributed by atoms with E-state index in [4.69, 9.17) is 4.74 Å². The highest BCUT2D eigenvalue weighted by molar-refractivity contribution is 5.35. The largest absolute Gasteiger partial charge is 0.494 e. The van der Waals surface area contributed by atoms with Crippen LogP contribution in [0.15, 0.2) is 24.3 Å². The number of nitrogens with one attached hydrogen (secondary N) is 1. The van der Waals surface area contributed by atoms with Crippen molar-refractivity contribution in [3.8, 4) is 5.75 Å². The lowest BCUT2D eigenvalue weighted by Gasteiger charge is -2.31. The van der Waals surface area contributed by atoms with E-state index in [0.29, 0.717) is 12.1 Å². The Hall–Kier alpha value is -1.02. The SMILES string of the molecule is CCOc1ccccc1C(C)NC(C)C1CC2CCC1C2. The van der Waals surface area contributed by atoms with Crippen molar-refractivity contribution < 1.29 is 4.74 Å². The smallest absolute Gasteiger partial charge is 0.124 e. The Morgan fingerprint density at radius 3 is 2.67 bits per heavy atom. The number of fused-ring (bicyclic) bond motifs is 2. The van der Waals surface area contributed by atoms with E-state index < -0.39 is 0 Å². The van der Waals surface area contributed by atoms with Gasteiger partial charge < -0.3 is 10.1 Å². The third kappa shape index (κ3) is 3.11. The molecule has 0 aromatic heterocycles. The zero-order chi connectivity index (χ0) is 14.8. The summed E-state index contributed by atoms with van der Waals surface area (Å²) in [6.45, 7) is 7.42. The molecule has 0 radical (unpaired) electrons. The summed E-state index contributed by atoms with van der Waals surface area (Å²) in [5, 5.41) is 3.84. The van der Waals surface area contributed by atoms with E-state index in [-0.39, 0.29) is 0 Å². The van der Waals surface area contributed by atoms with Gasteiger partial charge >= 0.3 is 0 Å². The van der Waals surface area contributed by atoms with Crippen molar-refractivity contribution in [2.75, 3.05) is 6.61 Å². The second-order valence-corrected chi connectivity index (χ2v) is 6.99. The maximum Gasteiger partial charge on any atom is 0.124 e. The molecule has 2 bridgehead atoms. The predicted octanol–water partition coefficient (Wildman–Crippen LogP) is 4.56. The summed E-state index contributed by atoms with van der Waals surface area (Å²) in [6.07, 6.45) is 5.88. The molecule has 0 aliphatic heterocycles. The maximum atomic E-state index is 5.77. The molecule has 1 aromatic rings. The summed E-state index contributed by atoms with van der Waals surface area (Å²) in [4.78, 5) is 0. The number of ether oxygens (including phenoxy) is 1. The number of hydrogen-bond donors (Lipinski definition) is 1. The zero-order valence-corrected chi connectivity index (χ0v) is 13.6. The molecule has 1 N–H and O–H groups in total. The van der Waals surface area contributed by atoms with E-state index >= 15 is 0 Å². The first-order valence-corrected chi connectivity index (χ1v) is 8.66. The molecule has 3 rings (SSSR count). The van der Waals surface area contributed by atoms with Crippen LogP contribution in [0.5, 0.6) is 5.75 Å². The third-order valence-electron chi connectivity index (χ3n) is 5.63. The normalized spacial score (nSPS) is 30.3. The fourth-order valence-corrected chi connectivity index (χ4v) is 4.64. The Balaban J connectivity index is 1.64. The molecule has 21 heavy (non-hydrogen) atoms. The minimum absolute atomic E-state index is 0.349. The first kappa shape index (κ1) is 14.9. The average molecular weight is 287 g/mol. The van der Waals surface area contributed by atoms with Crippen molar-refractivity contribution in [2.24, 2.45) is 17.8 Å². The highest BCUT2D eigenvalue weighted by atomic mass is 16.5. The fourth-order valence-electron chi connectivity index (χ4n) is 4.64. The van der Waals surface area contributed by atoms with Crippen LogP contribution >= 0.6 is 0 Å². The molecule has 1 aromatic carbocycles. The summed E-state index contributed by atoms with van der Waals surface area (Å²) in [5.74, 6) is 3.91. The van der Waals surface area contributed by atoms with E-state index in [1.807, 2.05) is 6.92 Å². The Morgan fingerprint density at radius 1 is 1.19 bits per heavy atom. The van der Waals surface area contributed by atoms with Gasteiger partial charge in [0.1, 0.15) is 5.75 Å². The summed E-state index contributed by atoms with van der Waals surface area (Å²) in [6, 6.07) is 9.39. The van der Waals surface area contributed by atoms with Crippen LogP contribution in [0, 0.1) is 17.8 Å². The minimum Gasteiger partial charge on any atom is -0.494 e. The fraction of sp³-hybridized carbons (Fsp3) is 0.684. The molecule has 116 valence electrons. The van der Waals surface area contributed by atoms with E-state index in [0.717, 1.165) is 30.1 Å². The van der Waals surface area contributed by atoms with Gasteiger partial charge in [0.05, 0.1) is 6.61 Å². The van der Waals surface area contributed by atoms with Gasteiger partial charge in [-0.3, -0.25) is 0 Å². The zero-order valence-electron chi connectivity index (χ0n) is 13.6. The molecule has 5 unspecified atom stereocenters. The summed E-state index contributed by atoms with van der Waals surface area (Å²) >= 11 is 0. The Bertz CT molecular complexity index is 472. The van der Waals surface area contributed by atoms with Gasteiger partial charge in [-0.25, -0.2) is 0 Å². The van der Waals surface area contributed by atoms with E-state index in [2.05, 4.69) is 43.4 Å². The maximum absolute atomic E-state index is 5.77. The van der Waals surface area contributed by atoms with Crippen molar-refractivity contribution in [1.29, 1.82) is 0 Å². The first-order chi connectivity index (χ1) is 10.2. The van der Waals surface area contributed by atoms with Crippen LogP contribution in [0.1, 0.15) is 58.1 Å². The third-order valence-corrected chi connectivity index (χ3v) is 5.63. The molecule has 0 amide bonds. The molecular weight excluding hydrogens is 258 g/mol. The van der Waals surface area contributed by atoms with Crippen molar-refractivity contribution >= 4 is 0 Å².